The SMILES string of the molecule is NCCOCC(=O)Nc1cc2c(cc1[N+](=O)[O-])OCCO2. The number of carbonyl (C=O) groups excluding carboxylic acids is 1. The number of nitro benzene ring substituents is 1. The zero-order chi connectivity index (χ0) is 15.2. The summed E-state index contributed by atoms with van der Waals surface area (Å²) >= 11 is 0. The number of ether oxygens (including phenoxy) is 3. The van der Waals surface area contributed by atoms with Crippen LogP contribution in [0.3, 0.4) is 0 Å². The van der Waals surface area contributed by atoms with Crippen molar-refractivity contribution in [2.45, 2.75) is 0 Å². The highest BCUT2D eigenvalue weighted by atomic mass is 16.6. The number of nitrogens with one attached hydrogen (secondary N) is 1. The minimum atomic E-state index is -0.603. The lowest BCUT2D eigenvalue weighted by Gasteiger charge is -2.19. The molecule has 0 saturated carbocycles. The van der Waals surface area contributed by atoms with Crippen LogP contribution in [0.2, 0.25) is 0 Å². The summed E-state index contributed by atoms with van der Waals surface area (Å²) in [5, 5.41) is 13.5. The maximum atomic E-state index is 11.7. The van der Waals surface area contributed by atoms with Gasteiger partial charge in [-0.3, -0.25) is 14.9 Å². The van der Waals surface area contributed by atoms with Crippen LogP contribution in [0.25, 0.3) is 0 Å². The van der Waals surface area contributed by atoms with Gasteiger partial charge in [0.15, 0.2) is 11.5 Å². The smallest absolute Gasteiger partial charge is 0.296 e. The van der Waals surface area contributed by atoms with E-state index in [1.165, 1.54) is 12.1 Å². The molecule has 1 aromatic carbocycles. The number of rotatable bonds is 6. The number of anilines is 1. The van der Waals surface area contributed by atoms with Gasteiger partial charge in [-0.1, -0.05) is 0 Å². The summed E-state index contributed by atoms with van der Waals surface area (Å²) in [5.74, 6) is 0.124. The third-order valence-electron chi connectivity index (χ3n) is 2.63. The second-order valence-corrected chi connectivity index (χ2v) is 4.16. The van der Waals surface area contributed by atoms with Gasteiger partial charge in [0.05, 0.1) is 17.6 Å². The molecule has 1 aliphatic rings. The topological polar surface area (TPSA) is 126 Å². The Kier molecular flexibility index (Phi) is 4.90. The van der Waals surface area contributed by atoms with Gasteiger partial charge in [0.25, 0.3) is 11.6 Å². The largest absolute Gasteiger partial charge is 0.486 e. The van der Waals surface area contributed by atoms with Gasteiger partial charge in [-0.15, -0.1) is 0 Å². The number of amides is 1. The molecule has 0 bridgehead atoms. The molecule has 0 aromatic heterocycles. The van der Waals surface area contributed by atoms with E-state index in [2.05, 4.69) is 5.32 Å². The number of nitrogens with zero attached hydrogens (tertiary/aromatic N) is 1. The van der Waals surface area contributed by atoms with Gasteiger partial charge in [-0.2, -0.15) is 0 Å². The first-order valence-corrected chi connectivity index (χ1v) is 6.27. The Morgan fingerprint density at radius 3 is 2.67 bits per heavy atom. The second-order valence-electron chi connectivity index (χ2n) is 4.16. The summed E-state index contributed by atoms with van der Waals surface area (Å²) in [4.78, 5) is 22.1. The highest BCUT2D eigenvalue weighted by molar-refractivity contribution is 5.94. The van der Waals surface area contributed by atoms with Gasteiger partial charge < -0.3 is 25.3 Å². The Hall–Kier alpha value is -2.39. The van der Waals surface area contributed by atoms with Crippen molar-refractivity contribution >= 4 is 17.3 Å². The van der Waals surface area contributed by atoms with Gasteiger partial charge in [0.2, 0.25) is 0 Å². The molecule has 9 nitrogen and oxygen atoms in total. The minimum absolute atomic E-state index is 0.0330. The van der Waals surface area contributed by atoms with Crippen molar-refractivity contribution in [3.05, 3.63) is 22.2 Å². The van der Waals surface area contributed by atoms with Crippen LogP contribution in [-0.4, -0.2) is 43.8 Å². The van der Waals surface area contributed by atoms with Crippen LogP contribution in [0.1, 0.15) is 0 Å². The number of hydrogen-bond donors (Lipinski definition) is 2. The quantitative estimate of drug-likeness (QED) is 0.438. The van der Waals surface area contributed by atoms with E-state index in [-0.39, 0.29) is 36.9 Å². The first-order chi connectivity index (χ1) is 10.1. The molecule has 0 radical (unpaired) electrons. The number of nitro groups is 1. The summed E-state index contributed by atoms with van der Waals surface area (Å²) in [6, 6.07) is 2.60. The lowest BCUT2D eigenvalue weighted by atomic mass is 10.2. The van der Waals surface area contributed by atoms with Gasteiger partial charge in [-0.05, 0) is 0 Å². The van der Waals surface area contributed by atoms with E-state index in [1.54, 1.807) is 0 Å². The maximum Gasteiger partial charge on any atom is 0.296 e. The predicted molar refractivity (Wildman–Crippen MR) is 72.6 cm³/mol. The minimum Gasteiger partial charge on any atom is -0.486 e. The molecule has 114 valence electrons. The van der Waals surface area contributed by atoms with Crippen molar-refractivity contribution in [2.75, 3.05) is 38.3 Å². The van der Waals surface area contributed by atoms with Crippen molar-refractivity contribution < 1.29 is 23.9 Å². The zero-order valence-electron chi connectivity index (χ0n) is 11.2. The highest BCUT2D eigenvalue weighted by Crippen LogP contribution is 2.39. The fourth-order valence-corrected chi connectivity index (χ4v) is 1.76. The van der Waals surface area contributed by atoms with Crippen LogP contribution in [-0.2, 0) is 9.53 Å². The van der Waals surface area contributed by atoms with Gasteiger partial charge in [0, 0.05) is 12.6 Å². The molecule has 0 saturated heterocycles. The first-order valence-electron chi connectivity index (χ1n) is 6.27. The van der Waals surface area contributed by atoms with Crippen molar-refractivity contribution in [2.24, 2.45) is 5.73 Å². The van der Waals surface area contributed by atoms with Gasteiger partial charge in [-0.25, -0.2) is 0 Å². The first kappa shape index (κ1) is 15.0. The number of fused-ring (bicyclic) bond motifs is 1. The Bertz CT molecular complexity index is 548. The van der Waals surface area contributed by atoms with Crippen LogP contribution in [0, 0.1) is 10.1 Å². The fraction of sp³-hybridized carbons (Fsp3) is 0.417. The lowest BCUT2D eigenvalue weighted by Crippen LogP contribution is -2.22. The molecular formula is C12H15N3O6. The standard InChI is InChI=1S/C12H15N3O6/c13-1-2-19-7-12(16)14-8-5-10-11(21-4-3-20-10)6-9(8)15(17)18/h5-6H,1-4,7,13H2,(H,14,16). The van der Waals surface area contributed by atoms with Crippen LogP contribution < -0.4 is 20.5 Å². The molecule has 1 aromatic rings. The van der Waals surface area contributed by atoms with E-state index >= 15 is 0 Å². The Labute approximate surface area is 120 Å². The fourth-order valence-electron chi connectivity index (χ4n) is 1.76. The summed E-state index contributed by atoms with van der Waals surface area (Å²) in [5.41, 5.74) is 4.99. The molecule has 21 heavy (non-hydrogen) atoms. The molecule has 3 N–H and O–H groups in total. The summed E-state index contributed by atoms with van der Waals surface area (Å²) in [7, 11) is 0. The number of benzene rings is 1. The molecule has 0 spiro atoms. The van der Waals surface area contributed by atoms with Gasteiger partial charge >= 0.3 is 0 Å². The predicted octanol–water partition coefficient (Wildman–Crippen LogP) is 0.280. The summed E-state index contributed by atoms with van der Waals surface area (Å²) < 4.78 is 15.6. The van der Waals surface area contributed by atoms with Crippen molar-refractivity contribution in [3.8, 4) is 11.5 Å². The van der Waals surface area contributed by atoms with Gasteiger partial charge in [0.1, 0.15) is 25.5 Å². The van der Waals surface area contributed by atoms with Crippen molar-refractivity contribution in [3.63, 3.8) is 0 Å². The normalized spacial score (nSPS) is 12.8. The number of nitrogens with two attached hydrogens (primary N) is 1. The Morgan fingerprint density at radius 2 is 2.05 bits per heavy atom. The lowest BCUT2D eigenvalue weighted by molar-refractivity contribution is -0.384. The molecule has 0 fully saturated rings. The van der Waals surface area contributed by atoms with Crippen LogP contribution in [0.5, 0.6) is 11.5 Å². The highest BCUT2D eigenvalue weighted by Gasteiger charge is 2.23. The third-order valence-corrected chi connectivity index (χ3v) is 2.63. The van der Waals surface area contributed by atoms with Crippen molar-refractivity contribution in [1.29, 1.82) is 0 Å². The van der Waals surface area contributed by atoms with E-state index in [4.69, 9.17) is 19.9 Å². The van der Waals surface area contributed by atoms with E-state index in [1.807, 2.05) is 0 Å². The Morgan fingerprint density at radius 1 is 1.38 bits per heavy atom. The number of hydrogen-bond acceptors (Lipinski definition) is 7. The monoisotopic (exact) mass is 297 g/mol. The molecule has 1 aliphatic heterocycles. The van der Waals surface area contributed by atoms with Crippen molar-refractivity contribution in [1.82, 2.24) is 0 Å². The van der Waals surface area contributed by atoms with Crippen LogP contribution >= 0.6 is 0 Å². The molecule has 9 heteroatoms. The van der Waals surface area contributed by atoms with E-state index in [0.717, 1.165) is 0 Å². The Balaban J connectivity index is 2.17. The summed E-state index contributed by atoms with van der Waals surface area (Å²) in [6.45, 7) is 0.956. The van der Waals surface area contributed by atoms with E-state index in [9.17, 15) is 14.9 Å². The van der Waals surface area contributed by atoms with E-state index in [0.29, 0.717) is 19.0 Å². The third kappa shape index (κ3) is 3.80. The molecule has 2 rings (SSSR count). The zero-order valence-corrected chi connectivity index (χ0v) is 11.2. The van der Waals surface area contributed by atoms with Crippen LogP contribution in [0.15, 0.2) is 12.1 Å². The summed E-state index contributed by atoms with van der Waals surface area (Å²) in [6.07, 6.45) is 0. The second kappa shape index (κ2) is 6.86. The van der Waals surface area contributed by atoms with Crippen LogP contribution in [0.4, 0.5) is 11.4 Å². The number of carbonyl (C=O) groups is 1. The molecular weight excluding hydrogens is 282 g/mol. The molecule has 1 heterocycles. The average molecular weight is 297 g/mol. The van der Waals surface area contributed by atoms with E-state index < -0.39 is 10.8 Å². The maximum absolute atomic E-state index is 11.7. The molecule has 0 unspecified atom stereocenters. The average Bonchev–Trinajstić information content (AvgIpc) is 2.46. The molecule has 0 atom stereocenters. The molecule has 1 amide bonds. The molecule has 0 aliphatic carbocycles.